The number of carbonyl (C=O) groups excluding carboxylic acids is 1. The van der Waals surface area contributed by atoms with Gasteiger partial charge in [-0.1, -0.05) is 48.9 Å². The summed E-state index contributed by atoms with van der Waals surface area (Å²) in [5.41, 5.74) is 2.60. The minimum atomic E-state index is -0.300. The molecule has 0 radical (unpaired) electrons. The number of rotatable bonds is 6. The molecule has 0 bridgehead atoms. The molecule has 1 saturated heterocycles. The van der Waals surface area contributed by atoms with Crippen molar-refractivity contribution in [1.82, 2.24) is 4.90 Å². The SMILES string of the molecule is N#Cc1ccc([C@@H]2C[C@@H](OCC3CCC3)CCN2C(=O)OCc2ccccc2)cc1. The summed E-state index contributed by atoms with van der Waals surface area (Å²) in [5.74, 6) is 0.701. The lowest BCUT2D eigenvalue weighted by Gasteiger charge is -2.39. The van der Waals surface area contributed by atoms with E-state index in [2.05, 4.69) is 6.07 Å². The van der Waals surface area contributed by atoms with Crippen molar-refractivity contribution in [2.45, 2.75) is 50.9 Å². The molecule has 5 heteroatoms. The van der Waals surface area contributed by atoms with E-state index >= 15 is 0 Å². The fourth-order valence-corrected chi connectivity index (χ4v) is 4.13. The first-order chi connectivity index (χ1) is 14.7. The molecule has 5 nitrogen and oxygen atoms in total. The van der Waals surface area contributed by atoms with E-state index in [0.29, 0.717) is 18.0 Å². The number of carbonyl (C=O) groups is 1. The molecule has 2 atom stereocenters. The number of nitrogens with zero attached hydrogens (tertiary/aromatic N) is 2. The van der Waals surface area contributed by atoms with Crippen LogP contribution in [0.4, 0.5) is 4.79 Å². The van der Waals surface area contributed by atoms with Crippen molar-refractivity contribution in [3.05, 3.63) is 71.3 Å². The number of ether oxygens (including phenoxy) is 2. The van der Waals surface area contributed by atoms with E-state index in [0.717, 1.165) is 30.6 Å². The Morgan fingerprint density at radius 2 is 1.83 bits per heavy atom. The Morgan fingerprint density at radius 1 is 1.07 bits per heavy atom. The van der Waals surface area contributed by atoms with Crippen molar-refractivity contribution >= 4 is 6.09 Å². The smallest absolute Gasteiger partial charge is 0.410 e. The highest BCUT2D eigenvalue weighted by Gasteiger charge is 2.34. The molecule has 30 heavy (non-hydrogen) atoms. The number of benzene rings is 2. The average Bonchev–Trinajstić information content (AvgIpc) is 2.77. The lowest BCUT2D eigenvalue weighted by Crippen LogP contribution is -2.44. The van der Waals surface area contributed by atoms with Crippen molar-refractivity contribution in [2.24, 2.45) is 5.92 Å². The van der Waals surface area contributed by atoms with Crippen molar-refractivity contribution in [2.75, 3.05) is 13.2 Å². The van der Waals surface area contributed by atoms with E-state index in [1.807, 2.05) is 59.5 Å². The summed E-state index contributed by atoms with van der Waals surface area (Å²) in [5, 5.41) is 9.10. The highest BCUT2D eigenvalue weighted by atomic mass is 16.6. The summed E-state index contributed by atoms with van der Waals surface area (Å²) in [6, 6.07) is 19.3. The number of amides is 1. The van der Waals surface area contributed by atoms with Crippen molar-refractivity contribution in [3.8, 4) is 6.07 Å². The van der Waals surface area contributed by atoms with Crippen LogP contribution in [0.3, 0.4) is 0 Å². The van der Waals surface area contributed by atoms with Gasteiger partial charge in [-0.15, -0.1) is 0 Å². The molecule has 0 spiro atoms. The molecule has 1 saturated carbocycles. The van der Waals surface area contributed by atoms with Gasteiger partial charge in [0.1, 0.15) is 6.61 Å². The molecule has 2 aliphatic rings. The molecule has 2 aromatic carbocycles. The van der Waals surface area contributed by atoms with E-state index in [-0.39, 0.29) is 24.8 Å². The van der Waals surface area contributed by atoms with E-state index in [4.69, 9.17) is 14.7 Å². The number of piperidine rings is 1. The Morgan fingerprint density at radius 3 is 2.50 bits per heavy atom. The van der Waals surface area contributed by atoms with Gasteiger partial charge in [0.2, 0.25) is 0 Å². The molecule has 2 aromatic rings. The zero-order valence-electron chi connectivity index (χ0n) is 17.2. The second-order valence-electron chi connectivity index (χ2n) is 8.26. The third kappa shape index (κ3) is 5.01. The van der Waals surface area contributed by atoms with E-state index < -0.39 is 0 Å². The topological polar surface area (TPSA) is 62.6 Å². The standard InChI is InChI=1S/C25H28N2O3/c26-16-19-9-11-22(12-10-19)24-15-23(29-17-21-7-4-8-21)13-14-27(24)25(28)30-18-20-5-2-1-3-6-20/h1-3,5-6,9-12,21,23-24H,4,7-8,13-15,17-18H2/t23-,24-/m0/s1. The first kappa shape index (κ1) is 20.4. The maximum Gasteiger partial charge on any atom is 0.410 e. The quantitative estimate of drug-likeness (QED) is 0.662. The minimum Gasteiger partial charge on any atom is -0.445 e. The molecule has 4 rings (SSSR count). The predicted octanol–water partition coefficient (Wildman–Crippen LogP) is 5.22. The van der Waals surface area contributed by atoms with E-state index in [9.17, 15) is 4.79 Å². The third-order valence-electron chi connectivity index (χ3n) is 6.21. The molecule has 1 aliphatic heterocycles. The Balaban J connectivity index is 1.44. The zero-order valence-corrected chi connectivity index (χ0v) is 17.2. The van der Waals surface area contributed by atoms with Gasteiger partial charge in [0, 0.05) is 13.2 Å². The van der Waals surface area contributed by atoms with Gasteiger partial charge in [0.05, 0.1) is 23.8 Å². The van der Waals surface area contributed by atoms with Crippen LogP contribution in [0, 0.1) is 17.2 Å². The lowest BCUT2D eigenvalue weighted by molar-refractivity contribution is -0.0383. The van der Waals surface area contributed by atoms with Crippen LogP contribution < -0.4 is 0 Å². The minimum absolute atomic E-state index is 0.110. The molecule has 2 fully saturated rings. The summed E-state index contributed by atoms with van der Waals surface area (Å²) in [6.45, 7) is 1.69. The summed E-state index contributed by atoms with van der Waals surface area (Å²) >= 11 is 0. The summed E-state index contributed by atoms with van der Waals surface area (Å²) in [4.78, 5) is 14.7. The predicted molar refractivity (Wildman–Crippen MR) is 114 cm³/mol. The number of nitriles is 1. The molecule has 0 N–H and O–H groups in total. The number of hydrogen-bond donors (Lipinski definition) is 0. The largest absolute Gasteiger partial charge is 0.445 e. The molecule has 1 aliphatic carbocycles. The zero-order chi connectivity index (χ0) is 20.8. The molecule has 156 valence electrons. The first-order valence-corrected chi connectivity index (χ1v) is 10.8. The second-order valence-corrected chi connectivity index (χ2v) is 8.26. The van der Waals surface area contributed by atoms with Crippen molar-refractivity contribution in [1.29, 1.82) is 5.26 Å². The van der Waals surface area contributed by atoms with Crippen LogP contribution >= 0.6 is 0 Å². The third-order valence-corrected chi connectivity index (χ3v) is 6.21. The van der Waals surface area contributed by atoms with Crippen LogP contribution in [0.25, 0.3) is 0 Å². The van der Waals surface area contributed by atoms with Crippen LogP contribution in [0.1, 0.15) is 54.8 Å². The molecular formula is C25H28N2O3. The molecule has 0 unspecified atom stereocenters. The summed E-state index contributed by atoms with van der Waals surface area (Å²) < 4.78 is 11.8. The van der Waals surface area contributed by atoms with Crippen LogP contribution in [-0.4, -0.2) is 30.2 Å². The van der Waals surface area contributed by atoms with Gasteiger partial charge in [-0.2, -0.15) is 5.26 Å². The number of likely N-dealkylation sites (tertiary alicyclic amines) is 1. The van der Waals surface area contributed by atoms with E-state index in [1.165, 1.54) is 19.3 Å². The maximum atomic E-state index is 12.9. The Kier molecular flexibility index (Phi) is 6.66. The number of hydrogen-bond acceptors (Lipinski definition) is 4. The van der Waals surface area contributed by atoms with Gasteiger partial charge in [-0.05, 0) is 54.9 Å². The van der Waals surface area contributed by atoms with Gasteiger partial charge in [-0.25, -0.2) is 4.79 Å². The van der Waals surface area contributed by atoms with Crippen LogP contribution in [-0.2, 0) is 16.1 Å². The molecule has 0 aromatic heterocycles. The maximum absolute atomic E-state index is 12.9. The van der Waals surface area contributed by atoms with E-state index in [1.54, 1.807) is 0 Å². The molecule has 1 heterocycles. The van der Waals surface area contributed by atoms with Crippen LogP contribution in [0.5, 0.6) is 0 Å². The van der Waals surface area contributed by atoms with Crippen LogP contribution in [0.2, 0.25) is 0 Å². The van der Waals surface area contributed by atoms with Crippen LogP contribution in [0.15, 0.2) is 54.6 Å². The fourth-order valence-electron chi connectivity index (χ4n) is 4.13. The van der Waals surface area contributed by atoms with Gasteiger partial charge in [0.25, 0.3) is 0 Å². The Hall–Kier alpha value is -2.84. The molecular weight excluding hydrogens is 376 g/mol. The summed E-state index contributed by atoms with van der Waals surface area (Å²) in [6.07, 6.45) is 5.26. The van der Waals surface area contributed by atoms with Gasteiger partial charge >= 0.3 is 6.09 Å². The average molecular weight is 405 g/mol. The van der Waals surface area contributed by atoms with Gasteiger partial charge in [-0.3, -0.25) is 0 Å². The Labute approximate surface area is 178 Å². The first-order valence-electron chi connectivity index (χ1n) is 10.8. The van der Waals surface area contributed by atoms with Gasteiger partial charge < -0.3 is 14.4 Å². The van der Waals surface area contributed by atoms with Gasteiger partial charge in [0.15, 0.2) is 0 Å². The monoisotopic (exact) mass is 404 g/mol. The van der Waals surface area contributed by atoms with Crippen molar-refractivity contribution in [3.63, 3.8) is 0 Å². The highest BCUT2D eigenvalue weighted by molar-refractivity contribution is 5.68. The summed E-state index contributed by atoms with van der Waals surface area (Å²) in [7, 11) is 0. The van der Waals surface area contributed by atoms with Crippen molar-refractivity contribution < 1.29 is 14.3 Å². The fraction of sp³-hybridized carbons (Fsp3) is 0.440. The molecule has 1 amide bonds. The lowest BCUT2D eigenvalue weighted by atomic mass is 9.86. The second kappa shape index (κ2) is 9.77. The highest BCUT2D eigenvalue weighted by Crippen LogP contribution is 2.34. The normalized spacial score (nSPS) is 21.5. The Bertz CT molecular complexity index is 872.